The zero-order valence-corrected chi connectivity index (χ0v) is 9.15. The molecule has 0 radical (unpaired) electrons. The molecule has 0 aliphatic carbocycles. The van der Waals surface area contributed by atoms with Crippen LogP contribution in [-0.4, -0.2) is 15.4 Å². The molecule has 3 aromatic rings. The highest BCUT2D eigenvalue weighted by Gasteiger charge is 2.19. The number of aromatic carboxylic acids is 1. The quantitative estimate of drug-likeness (QED) is 0.666. The molecule has 17 heavy (non-hydrogen) atoms. The van der Waals surface area contributed by atoms with Crippen LogP contribution in [0, 0.1) is 0 Å². The highest BCUT2D eigenvalue weighted by atomic mass is 32.1. The number of carbonyl (C=O) groups is 1. The van der Waals surface area contributed by atoms with Crippen LogP contribution in [0.2, 0.25) is 0 Å². The first-order valence-corrected chi connectivity index (χ1v) is 5.50. The van der Waals surface area contributed by atoms with E-state index in [9.17, 15) is 9.59 Å². The summed E-state index contributed by atoms with van der Waals surface area (Å²) in [4.78, 5) is 22.6. The highest BCUT2D eigenvalue weighted by Crippen LogP contribution is 2.26. The number of hydrogen-bond donors (Lipinski definition) is 1. The molecule has 1 N–H and O–H groups in total. The van der Waals surface area contributed by atoms with Gasteiger partial charge in [0.25, 0.3) is 0 Å². The normalized spacial score (nSPS) is 11.1. The van der Waals surface area contributed by atoms with Gasteiger partial charge in [-0.1, -0.05) is 12.1 Å². The molecule has 2 aromatic heterocycles. The maximum atomic E-state index is 11.7. The lowest BCUT2D eigenvalue weighted by molar-refractivity contribution is 0.0704. The Morgan fingerprint density at radius 2 is 2.12 bits per heavy atom. The van der Waals surface area contributed by atoms with Gasteiger partial charge in [0.05, 0.1) is 0 Å². The van der Waals surface area contributed by atoms with Crippen molar-refractivity contribution in [2.24, 2.45) is 0 Å². The molecule has 5 nitrogen and oxygen atoms in total. The summed E-state index contributed by atoms with van der Waals surface area (Å²) in [7, 11) is 0. The number of aromatic nitrogens is 1. The van der Waals surface area contributed by atoms with E-state index < -0.39 is 11.6 Å². The van der Waals surface area contributed by atoms with Crippen molar-refractivity contribution in [2.75, 3.05) is 0 Å². The van der Waals surface area contributed by atoms with Crippen molar-refractivity contribution >= 4 is 39.4 Å². The minimum atomic E-state index is -1.17. The minimum Gasteiger partial charge on any atom is -0.477 e. The molecule has 0 unspecified atom stereocenters. The second-order valence-electron chi connectivity index (χ2n) is 3.43. The third-order valence-corrected chi connectivity index (χ3v) is 3.27. The van der Waals surface area contributed by atoms with E-state index in [0.29, 0.717) is 16.5 Å². The Bertz CT molecular complexity index is 802. The van der Waals surface area contributed by atoms with Crippen LogP contribution in [0.1, 0.15) is 9.67 Å². The van der Waals surface area contributed by atoms with Crippen LogP contribution < -0.4 is 5.63 Å². The summed E-state index contributed by atoms with van der Waals surface area (Å²) in [6.07, 6.45) is 0. The van der Waals surface area contributed by atoms with E-state index in [1.165, 1.54) is 0 Å². The molecule has 6 heteroatoms. The number of hydrogen-bond acceptors (Lipinski definition) is 5. The molecule has 0 bridgehead atoms. The van der Waals surface area contributed by atoms with Crippen molar-refractivity contribution in [1.82, 2.24) is 4.37 Å². The summed E-state index contributed by atoms with van der Waals surface area (Å²) in [6, 6.07) is 6.91. The largest absolute Gasteiger partial charge is 0.477 e. The Kier molecular flexibility index (Phi) is 1.99. The van der Waals surface area contributed by atoms with E-state index in [2.05, 4.69) is 4.37 Å². The highest BCUT2D eigenvalue weighted by molar-refractivity contribution is 7.09. The van der Waals surface area contributed by atoms with Gasteiger partial charge in [0, 0.05) is 5.39 Å². The maximum absolute atomic E-state index is 11.7. The van der Waals surface area contributed by atoms with E-state index in [4.69, 9.17) is 9.52 Å². The van der Waals surface area contributed by atoms with Gasteiger partial charge in [0.1, 0.15) is 21.4 Å². The zero-order valence-electron chi connectivity index (χ0n) is 8.34. The number of fused-ring (bicyclic) bond motifs is 3. The van der Waals surface area contributed by atoms with Gasteiger partial charge < -0.3 is 9.52 Å². The van der Waals surface area contributed by atoms with Gasteiger partial charge in [0.15, 0.2) is 0 Å². The van der Waals surface area contributed by atoms with Crippen LogP contribution in [0.15, 0.2) is 33.5 Å². The molecule has 0 amide bonds. The number of carboxylic acids is 1. The Morgan fingerprint density at radius 1 is 1.35 bits per heavy atom. The number of rotatable bonds is 1. The molecule has 0 fully saturated rings. The van der Waals surface area contributed by atoms with Gasteiger partial charge in [-0.15, -0.1) is 0 Å². The fourth-order valence-corrected chi connectivity index (χ4v) is 2.43. The molecule has 3 rings (SSSR count). The van der Waals surface area contributed by atoms with Gasteiger partial charge in [-0.25, -0.2) is 9.59 Å². The summed E-state index contributed by atoms with van der Waals surface area (Å²) >= 11 is 0.790. The summed E-state index contributed by atoms with van der Waals surface area (Å²) in [5.41, 5.74) is 0.135. The van der Waals surface area contributed by atoms with Crippen molar-refractivity contribution in [3.8, 4) is 0 Å². The Morgan fingerprint density at radius 3 is 2.88 bits per heavy atom. The topological polar surface area (TPSA) is 80.4 Å². The van der Waals surface area contributed by atoms with E-state index >= 15 is 0 Å². The molecule has 0 atom stereocenters. The summed E-state index contributed by atoms with van der Waals surface area (Å²) in [5, 5.41) is 9.65. The SMILES string of the molecule is O=C(O)c1snc2c1c(=O)oc1ccccc12. The van der Waals surface area contributed by atoms with E-state index in [0.717, 1.165) is 11.5 Å². The van der Waals surface area contributed by atoms with Gasteiger partial charge in [-0.05, 0) is 23.7 Å². The molecule has 1 aromatic carbocycles. The lowest BCUT2D eigenvalue weighted by Crippen LogP contribution is -2.03. The lowest BCUT2D eigenvalue weighted by atomic mass is 10.2. The van der Waals surface area contributed by atoms with Crippen molar-refractivity contribution in [3.05, 3.63) is 39.6 Å². The fraction of sp³-hybridized carbons (Fsp3) is 0. The second kappa shape index (κ2) is 3.39. The fourth-order valence-electron chi connectivity index (χ4n) is 1.71. The molecule has 0 saturated heterocycles. The first kappa shape index (κ1) is 9.98. The van der Waals surface area contributed by atoms with Gasteiger partial charge >= 0.3 is 11.6 Å². The molecule has 84 valence electrons. The van der Waals surface area contributed by atoms with Gasteiger partial charge in [-0.2, -0.15) is 4.37 Å². The zero-order chi connectivity index (χ0) is 12.0. The molecular formula is C11H5NO4S. The third-order valence-electron chi connectivity index (χ3n) is 2.44. The van der Waals surface area contributed by atoms with E-state index in [1.54, 1.807) is 24.3 Å². The summed E-state index contributed by atoms with van der Waals surface area (Å²) < 4.78 is 9.10. The standard InChI is InChI=1S/C11H5NO4S/c13-10(14)9-7-8(12-17-9)5-3-1-2-4-6(5)16-11(7)15/h1-4H,(H,13,14). The predicted octanol–water partition coefficient (Wildman–Crippen LogP) is 2.10. The molecule has 2 heterocycles. The molecule has 0 aliphatic heterocycles. The van der Waals surface area contributed by atoms with Crippen LogP contribution in [0.5, 0.6) is 0 Å². The van der Waals surface area contributed by atoms with Crippen LogP contribution in [0.4, 0.5) is 0 Å². The third kappa shape index (κ3) is 1.34. The lowest BCUT2D eigenvalue weighted by Gasteiger charge is -1.96. The van der Waals surface area contributed by atoms with Crippen LogP contribution in [0.25, 0.3) is 21.9 Å². The number of benzene rings is 1. The van der Waals surface area contributed by atoms with Gasteiger partial charge in [-0.3, -0.25) is 0 Å². The van der Waals surface area contributed by atoms with Crippen LogP contribution in [0.3, 0.4) is 0 Å². The molecular weight excluding hydrogens is 242 g/mol. The van der Waals surface area contributed by atoms with E-state index in [1.807, 2.05) is 0 Å². The number of nitrogens with zero attached hydrogens (tertiary/aromatic N) is 1. The van der Waals surface area contributed by atoms with Crippen molar-refractivity contribution < 1.29 is 14.3 Å². The van der Waals surface area contributed by atoms with Crippen molar-refractivity contribution in [3.63, 3.8) is 0 Å². The van der Waals surface area contributed by atoms with E-state index in [-0.39, 0.29) is 10.3 Å². The number of para-hydroxylation sites is 1. The average Bonchev–Trinajstić information content (AvgIpc) is 2.74. The Balaban J connectivity index is 2.61. The van der Waals surface area contributed by atoms with Gasteiger partial charge in [0.2, 0.25) is 0 Å². The first-order chi connectivity index (χ1) is 8.18. The first-order valence-electron chi connectivity index (χ1n) is 4.73. The average molecular weight is 247 g/mol. The second-order valence-corrected chi connectivity index (χ2v) is 4.20. The Hall–Kier alpha value is -2.21. The Labute approximate surface area is 98.1 Å². The van der Waals surface area contributed by atoms with Crippen LogP contribution >= 0.6 is 11.5 Å². The smallest absolute Gasteiger partial charge is 0.348 e. The number of carboxylic acid groups (broad SMARTS) is 1. The summed E-state index contributed by atoms with van der Waals surface area (Å²) in [5.74, 6) is -1.17. The minimum absolute atomic E-state index is 0.0428. The molecule has 0 spiro atoms. The summed E-state index contributed by atoms with van der Waals surface area (Å²) in [6.45, 7) is 0. The van der Waals surface area contributed by atoms with Crippen LogP contribution in [-0.2, 0) is 0 Å². The van der Waals surface area contributed by atoms with Crippen molar-refractivity contribution in [2.45, 2.75) is 0 Å². The molecule has 0 aliphatic rings. The molecule has 0 saturated carbocycles. The monoisotopic (exact) mass is 247 g/mol. The van der Waals surface area contributed by atoms with Crippen molar-refractivity contribution in [1.29, 1.82) is 0 Å². The predicted molar refractivity (Wildman–Crippen MR) is 62.6 cm³/mol. The maximum Gasteiger partial charge on any atom is 0.348 e.